The van der Waals surface area contributed by atoms with Gasteiger partial charge in [-0.1, -0.05) is 37.3 Å². The van der Waals surface area contributed by atoms with E-state index in [1.165, 1.54) is 0 Å². The summed E-state index contributed by atoms with van der Waals surface area (Å²) in [5, 5.41) is 5.63. The molecule has 19 heavy (non-hydrogen) atoms. The van der Waals surface area contributed by atoms with Crippen LogP contribution in [0.5, 0.6) is 0 Å². The number of rotatable bonds is 7. The van der Waals surface area contributed by atoms with Crippen LogP contribution >= 0.6 is 0 Å². The van der Waals surface area contributed by atoms with Crippen LogP contribution in [0.25, 0.3) is 0 Å². The zero-order chi connectivity index (χ0) is 14.1. The fourth-order valence-corrected chi connectivity index (χ4v) is 1.88. The molecule has 0 aliphatic heterocycles. The first kappa shape index (κ1) is 15.2. The van der Waals surface area contributed by atoms with E-state index in [4.69, 9.17) is 0 Å². The number of likely N-dealkylation sites (N-methyl/N-ethyl adjacent to an activating group) is 1. The van der Waals surface area contributed by atoms with Gasteiger partial charge in [0.2, 0.25) is 11.8 Å². The molecule has 0 fully saturated rings. The molecule has 4 nitrogen and oxygen atoms in total. The van der Waals surface area contributed by atoms with Crippen molar-refractivity contribution >= 4 is 11.8 Å². The molecular formula is C15H22N2O2. The topological polar surface area (TPSA) is 58.2 Å². The summed E-state index contributed by atoms with van der Waals surface area (Å²) in [6.45, 7) is 4.77. The first-order valence-electron chi connectivity index (χ1n) is 6.78. The second-order valence-corrected chi connectivity index (χ2v) is 4.41. The Bertz CT molecular complexity index is 404. The van der Waals surface area contributed by atoms with Gasteiger partial charge >= 0.3 is 0 Å². The van der Waals surface area contributed by atoms with E-state index in [1.807, 2.05) is 44.2 Å². The molecule has 0 aromatic heterocycles. The van der Waals surface area contributed by atoms with Crippen molar-refractivity contribution in [2.45, 2.75) is 32.6 Å². The highest BCUT2D eigenvalue weighted by Crippen LogP contribution is 2.14. The Morgan fingerprint density at radius 1 is 1.11 bits per heavy atom. The number of hydrogen-bond acceptors (Lipinski definition) is 2. The second kappa shape index (κ2) is 8.29. The summed E-state index contributed by atoms with van der Waals surface area (Å²) in [6, 6.07) is 9.52. The molecule has 104 valence electrons. The Kier molecular flexibility index (Phi) is 6.64. The van der Waals surface area contributed by atoms with Crippen LogP contribution in [0.1, 0.15) is 38.2 Å². The van der Waals surface area contributed by atoms with Crippen LogP contribution in [-0.2, 0) is 9.59 Å². The molecule has 2 amide bonds. The van der Waals surface area contributed by atoms with Gasteiger partial charge in [0.25, 0.3) is 0 Å². The highest BCUT2D eigenvalue weighted by Gasteiger charge is 2.20. The molecule has 0 spiro atoms. The van der Waals surface area contributed by atoms with Gasteiger partial charge in [-0.15, -0.1) is 0 Å². The normalized spacial score (nSPS) is 11.7. The minimum absolute atomic E-state index is 0.00673. The Balaban J connectivity index is 2.70. The summed E-state index contributed by atoms with van der Waals surface area (Å²) in [7, 11) is 0. The Morgan fingerprint density at radius 2 is 1.79 bits per heavy atom. The summed E-state index contributed by atoms with van der Waals surface area (Å²) in [5.74, 6) is -0.389. The zero-order valence-electron chi connectivity index (χ0n) is 11.6. The Morgan fingerprint density at radius 3 is 2.37 bits per heavy atom. The van der Waals surface area contributed by atoms with Gasteiger partial charge in [0.15, 0.2) is 0 Å². The third kappa shape index (κ3) is 5.12. The van der Waals surface area contributed by atoms with Gasteiger partial charge < -0.3 is 10.6 Å². The lowest BCUT2D eigenvalue weighted by atomic mass is 9.98. The number of nitrogens with one attached hydrogen (secondary N) is 2. The van der Waals surface area contributed by atoms with Crippen molar-refractivity contribution in [1.29, 1.82) is 0 Å². The molecular weight excluding hydrogens is 240 g/mol. The summed E-state index contributed by atoms with van der Waals surface area (Å²) in [4.78, 5) is 23.6. The summed E-state index contributed by atoms with van der Waals surface area (Å²) in [5.41, 5.74) is 0.922. The van der Waals surface area contributed by atoms with Crippen LogP contribution in [0.4, 0.5) is 0 Å². The molecule has 1 atom stereocenters. The molecule has 1 rings (SSSR count). The maximum absolute atomic E-state index is 12.1. The molecule has 0 aliphatic carbocycles. The monoisotopic (exact) mass is 262 g/mol. The Labute approximate surface area is 114 Å². The smallest absolute Gasteiger partial charge is 0.229 e. The predicted molar refractivity (Wildman–Crippen MR) is 75.8 cm³/mol. The molecule has 4 heteroatoms. The molecule has 2 N–H and O–H groups in total. The minimum Gasteiger partial charge on any atom is -0.356 e. The molecule has 1 unspecified atom stereocenters. The molecule has 0 saturated heterocycles. The van der Waals surface area contributed by atoms with Gasteiger partial charge in [0.1, 0.15) is 0 Å². The molecule has 0 saturated carbocycles. The van der Waals surface area contributed by atoms with Crippen molar-refractivity contribution in [1.82, 2.24) is 10.6 Å². The quantitative estimate of drug-likeness (QED) is 0.787. The summed E-state index contributed by atoms with van der Waals surface area (Å²) >= 11 is 0. The molecule has 1 aromatic rings. The van der Waals surface area contributed by atoms with Gasteiger partial charge in [-0.05, 0) is 18.9 Å². The van der Waals surface area contributed by atoms with E-state index in [0.29, 0.717) is 19.5 Å². The third-order valence-corrected chi connectivity index (χ3v) is 2.85. The van der Waals surface area contributed by atoms with E-state index in [2.05, 4.69) is 10.6 Å². The summed E-state index contributed by atoms with van der Waals surface area (Å²) < 4.78 is 0. The zero-order valence-corrected chi connectivity index (χ0v) is 11.6. The molecule has 0 bridgehead atoms. The van der Waals surface area contributed by atoms with Crippen molar-refractivity contribution in [2.75, 3.05) is 13.1 Å². The van der Waals surface area contributed by atoms with E-state index < -0.39 is 0 Å². The van der Waals surface area contributed by atoms with Crippen LogP contribution in [-0.4, -0.2) is 24.9 Å². The lowest BCUT2D eigenvalue weighted by Crippen LogP contribution is -2.37. The first-order chi connectivity index (χ1) is 9.19. The average molecular weight is 262 g/mol. The van der Waals surface area contributed by atoms with Crippen LogP contribution in [0.2, 0.25) is 0 Å². The first-order valence-corrected chi connectivity index (χ1v) is 6.78. The number of hydrogen-bond donors (Lipinski definition) is 2. The van der Waals surface area contributed by atoms with Gasteiger partial charge in [0, 0.05) is 19.5 Å². The fourth-order valence-electron chi connectivity index (χ4n) is 1.88. The number of benzene rings is 1. The van der Waals surface area contributed by atoms with E-state index in [0.717, 1.165) is 12.0 Å². The number of carbonyl (C=O) groups is 2. The maximum Gasteiger partial charge on any atom is 0.229 e. The minimum atomic E-state index is -0.332. The van der Waals surface area contributed by atoms with E-state index in [-0.39, 0.29) is 17.7 Å². The van der Waals surface area contributed by atoms with Crippen LogP contribution in [0.3, 0.4) is 0 Å². The van der Waals surface area contributed by atoms with Crippen molar-refractivity contribution in [3.05, 3.63) is 35.9 Å². The number of carbonyl (C=O) groups excluding carboxylic acids is 2. The van der Waals surface area contributed by atoms with E-state index in [1.54, 1.807) is 0 Å². The van der Waals surface area contributed by atoms with Gasteiger partial charge in [-0.2, -0.15) is 0 Å². The molecule has 0 heterocycles. The van der Waals surface area contributed by atoms with Crippen molar-refractivity contribution in [2.24, 2.45) is 0 Å². The van der Waals surface area contributed by atoms with Gasteiger partial charge in [-0.3, -0.25) is 9.59 Å². The second-order valence-electron chi connectivity index (χ2n) is 4.41. The Hall–Kier alpha value is -1.84. The molecule has 0 radical (unpaired) electrons. The standard InChI is InChI=1S/C15H22N2O2/c1-3-8-14(18)17-11-13(15(19)16-4-2)12-9-6-5-7-10-12/h5-7,9-10,13H,3-4,8,11H2,1-2H3,(H,16,19)(H,17,18). The third-order valence-electron chi connectivity index (χ3n) is 2.85. The highest BCUT2D eigenvalue weighted by atomic mass is 16.2. The van der Waals surface area contributed by atoms with Crippen molar-refractivity contribution < 1.29 is 9.59 Å². The number of amides is 2. The molecule has 1 aromatic carbocycles. The summed E-state index contributed by atoms with van der Waals surface area (Å²) in [6.07, 6.45) is 1.31. The van der Waals surface area contributed by atoms with E-state index >= 15 is 0 Å². The van der Waals surface area contributed by atoms with Gasteiger partial charge in [-0.25, -0.2) is 0 Å². The maximum atomic E-state index is 12.1. The van der Waals surface area contributed by atoms with Crippen LogP contribution < -0.4 is 10.6 Å². The lowest BCUT2D eigenvalue weighted by Gasteiger charge is -2.17. The van der Waals surface area contributed by atoms with Crippen LogP contribution in [0, 0.1) is 0 Å². The van der Waals surface area contributed by atoms with Gasteiger partial charge in [0.05, 0.1) is 5.92 Å². The van der Waals surface area contributed by atoms with E-state index in [9.17, 15) is 9.59 Å². The van der Waals surface area contributed by atoms with Crippen molar-refractivity contribution in [3.8, 4) is 0 Å². The SMILES string of the molecule is CCCC(=O)NCC(C(=O)NCC)c1ccccc1. The lowest BCUT2D eigenvalue weighted by molar-refractivity contribution is -0.123. The van der Waals surface area contributed by atoms with Crippen LogP contribution in [0.15, 0.2) is 30.3 Å². The molecule has 0 aliphatic rings. The predicted octanol–water partition coefficient (Wildman–Crippen LogP) is 1.82. The average Bonchev–Trinajstić information content (AvgIpc) is 2.41. The van der Waals surface area contributed by atoms with Crippen molar-refractivity contribution in [3.63, 3.8) is 0 Å². The highest BCUT2D eigenvalue weighted by molar-refractivity contribution is 5.85. The largest absolute Gasteiger partial charge is 0.356 e. The fraction of sp³-hybridized carbons (Fsp3) is 0.467.